The van der Waals surface area contributed by atoms with Gasteiger partial charge in [0.15, 0.2) is 0 Å². The summed E-state index contributed by atoms with van der Waals surface area (Å²) in [5.41, 5.74) is 2.47. The van der Waals surface area contributed by atoms with Crippen molar-refractivity contribution in [3.05, 3.63) is 64.7 Å². The summed E-state index contributed by atoms with van der Waals surface area (Å²) in [7, 11) is 0. The van der Waals surface area contributed by atoms with Gasteiger partial charge in [0, 0.05) is 23.9 Å². The first-order valence-electron chi connectivity index (χ1n) is 9.33. The number of halogens is 1. The minimum atomic E-state index is -0.455. The van der Waals surface area contributed by atoms with Crippen molar-refractivity contribution in [2.45, 2.75) is 44.6 Å². The molecule has 0 bridgehead atoms. The van der Waals surface area contributed by atoms with Crippen LogP contribution in [-0.2, 0) is 15.7 Å². The van der Waals surface area contributed by atoms with Crippen LogP contribution in [0.4, 0.5) is 10.5 Å². The molecule has 0 atom stereocenters. The van der Waals surface area contributed by atoms with Gasteiger partial charge in [-0.2, -0.15) is 0 Å². The van der Waals surface area contributed by atoms with Crippen molar-refractivity contribution in [2.75, 3.05) is 18.5 Å². The van der Waals surface area contributed by atoms with E-state index in [-0.39, 0.29) is 11.4 Å². The topological polar surface area (TPSA) is 50.4 Å². The molecule has 0 spiro atoms. The van der Waals surface area contributed by atoms with E-state index in [1.165, 1.54) is 0 Å². The maximum absolute atomic E-state index is 12.9. The Morgan fingerprint density at radius 3 is 2.30 bits per heavy atom. The van der Waals surface area contributed by atoms with E-state index in [2.05, 4.69) is 37.5 Å². The molecule has 1 aliphatic rings. The second kappa shape index (κ2) is 7.91. The van der Waals surface area contributed by atoms with E-state index >= 15 is 0 Å². The zero-order chi connectivity index (χ0) is 19.5. The third kappa shape index (κ3) is 4.63. The number of hydrogen-bond acceptors (Lipinski definition) is 2. The van der Waals surface area contributed by atoms with Crippen LogP contribution in [0.25, 0.3) is 0 Å². The molecule has 0 unspecified atom stereocenters. The van der Waals surface area contributed by atoms with E-state index in [1.54, 1.807) is 0 Å². The van der Waals surface area contributed by atoms with Crippen molar-refractivity contribution < 1.29 is 9.53 Å². The number of para-hydroxylation sites is 1. The summed E-state index contributed by atoms with van der Waals surface area (Å²) >= 11 is 6.04. The molecule has 0 aromatic heterocycles. The normalized spacial score (nSPS) is 16.6. The average Bonchev–Trinajstić information content (AvgIpc) is 2.62. The number of carbonyl (C=O) groups excluding carboxylic acids is 1. The predicted octanol–water partition coefficient (Wildman–Crippen LogP) is 5.46. The molecule has 1 fully saturated rings. The standard InChI is InChI=1S/C22H27ClN2O2/c1-21(2,3)18-6-4-5-7-19(18)24-20(26)25-22(12-14-27-15-13-22)16-8-10-17(23)11-9-16/h4-11H,12-15H2,1-3H3,(H2,24,25,26). The third-order valence-corrected chi connectivity index (χ3v) is 5.33. The molecule has 5 heteroatoms. The lowest BCUT2D eigenvalue weighted by Crippen LogP contribution is -2.51. The van der Waals surface area contributed by atoms with Gasteiger partial charge in [0.2, 0.25) is 0 Å². The zero-order valence-corrected chi connectivity index (χ0v) is 16.9. The molecule has 3 rings (SSSR count). The first kappa shape index (κ1) is 19.7. The van der Waals surface area contributed by atoms with Crippen molar-refractivity contribution in [1.82, 2.24) is 5.32 Å². The minimum Gasteiger partial charge on any atom is -0.381 e. The first-order chi connectivity index (χ1) is 12.8. The van der Waals surface area contributed by atoms with Crippen LogP contribution in [0.2, 0.25) is 5.02 Å². The number of benzene rings is 2. The molecule has 0 radical (unpaired) electrons. The van der Waals surface area contributed by atoms with Crippen LogP contribution >= 0.6 is 11.6 Å². The monoisotopic (exact) mass is 386 g/mol. The van der Waals surface area contributed by atoms with E-state index in [0.717, 1.165) is 29.7 Å². The molecule has 2 aromatic rings. The number of nitrogens with one attached hydrogen (secondary N) is 2. The Balaban J connectivity index is 1.83. The average molecular weight is 387 g/mol. The van der Waals surface area contributed by atoms with Crippen molar-refractivity contribution >= 4 is 23.3 Å². The highest BCUT2D eigenvalue weighted by Crippen LogP contribution is 2.34. The Labute approximate surface area is 166 Å². The quantitative estimate of drug-likeness (QED) is 0.735. The third-order valence-electron chi connectivity index (χ3n) is 5.08. The van der Waals surface area contributed by atoms with E-state index < -0.39 is 5.54 Å². The van der Waals surface area contributed by atoms with Crippen LogP contribution in [0, 0.1) is 0 Å². The largest absolute Gasteiger partial charge is 0.381 e. The number of ether oxygens (including phenoxy) is 1. The van der Waals surface area contributed by atoms with E-state index in [1.807, 2.05) is 42.5 Å². The Bertz CT molecular complexity index is 791. The fourth-order valence-corrected chi connectivity index (χ4v) is 3.72. The van der Waals surface area contributed by atoms with Crippen molar-refractivity contribution in [3.63, 3.8) is 0 Å². The molecule has 2 aromatic carbocycles. The smallest absolute Gasteiger partial charge is 0.319 e. The summed E-state index contributed by atoms with van der Waals surface area (Å²) in [6, 6.07) is 15.4. The van der Waals surface area contributed by atoms with Crippen molar-refractivity contribution in [3.8, 4) is 0 Å². The Morgan fingerprint density at radius 2 is 1.67 bits per heavy atom. The molecule has 27 heavy (non-hydrogen) atoms. The molecular weight excluding hydrogens is 360 g/mol. The van der Waals surface area contributed by atoms with Gasteiger partial charge in [-0.3, -0.25) is 0 Å². The van der Waals surface area contributed by atoms with Crippen LogP contribution in [-0.4, -0.2) is 19.2 Å². The lowest BCUT2D eigenvalue weighted by molar-refractivity contribution is 0.0418. The van der Waals surface area contributed by atoms with Gasteiger partial charge in [-0.1, -0.05) is 62.7 Å². The fraction of sp³-hybridized carbons (Fsp3) is 0.409. The highest BCUT2D eigenvalue weighted by molar-refractivity contribution is 6.30. The molecule has 1 aliphatic heterocycles. The molecule has 1 heterocycles. The summed E-state index contributed by atoms with van der Waals surface area (Å²) in [5, 5.41) is 6.96. The van der Waals surface area contributed by atoms with Gasteiger partial charge in [-0.25, -0.2) is 4.79 Å². The van der Waals surface area contributed by atoms with E-state index in [4.69, 9.17) is 16.3 Å². The Kier molecular flexibility index (Phi) is 5.78. The molecule has 0 saturated carbocycles. The maximum Gasteiger partial charge on any atom is 0.319 e. The molecular formula is C22H27ClN2O2. The predicted molar refractivity (Wildman–Crippen MR) is 110 cm³/mol. The van der Waals surface area contributed by atoms with Gasteiger partial charge in [0.05, 0.1) is 5.54 Å². The highest BCUT2D eigenvalue weighted by atomic mass is 35.5. The first-order valence-corrected chi connectivity index (χ1v) is 9.70. The maximum atomic E-state index is 12.9. The summed E-state index contributed by atoms with van der Waals surface area (Å²) in [6.45, 7) is 7.64. The van der Waals surface area contributed by atoms with Gasteiger partial charge < -0.3 is 15.4 Å². The van der Waals surface area contributed by atoms with Gasteiger partial charge >= 0.3 is 6.03 Å². The molecule has 144 valence electrons. The number of amides is 2. The lowest BCUT2D eigenvalue weighted by Gasteiger charge is -2.38. The van der Waals surface area contributed by atoms with Crippen molar-refractivity contribution in [2.24, 2.45) is 0 Å². The fourth-order valence-electron chi connectivity index (χ4n) is 3.59. The van der Waals surface area contributed by atoms with Gasteiger partial charge in [0.25, 0.3) is 0 Å². The van der Waals surface area contributed by atoms with Crippen LogP contribution in [0.1, 0.15) is 44.7 Å². The molecule has 1 saturated heterocycles. The molecule has 2 amide bonds. The Hall–Kier alpha value is -2.04. The number of rotatable bonds is 3. The summed E-state index contributed by atoms with van der Waals surface area (Å²) in [4.78, 5) is 12.9. The molecule has 2 N–H and O–H groups in total. The van der Waals surface area contributed by atoms with Crippen LogP contribution in [0.5, 0.6) is 0 Å². The SMILES string of the molecule is CC(C)(C)c1ccccc1NC(=O)NC1(c2ccc(Cl)cc2)CCOCC1. The van der Waals surface area contributed by atoms with Gasteiger partial charge in [0.1, 0.15) is 0 Å². The second-order valence-electron chi connectivity index (χ2n) is 8.08. The van der Waals surface area contributed by atoms with Crippen LogP contribution in [0.15, 0.2) is 48.5 Å². The van der Waals surface area contributed by atoms with Crippen molar-refractivity contribution in [1.29, 1.82) is 0 Å². The van der Waals surface area contributed by atoms with E-state index in [9.17, 15) is 4.79 Å². The number of urea groups is 1. The van der Waals surface area contributed by atoms with Gasteiger partial charge in [-0.05, 0) is 47.6 Å². The lowest BCUT2D eigenvalue weighted by atomic mass is 9.82. The number of anilines is 1. The minimum absolute atomic E-state index is 0.0591. The number of carbonyl (C=O) groups is 1. The summed E-state index contributed by atoms with van der Waals surface area (Å²) in [5.74, 6) is 0. The van der Waals surface area contributed by atoms with Gasteiger partial charge in [-0.15, -0.1) is 0 Å². The second-order valence-corrected chi connectivity index (χ2v) is 8.51. The number of hydrogen-bond donors (Lipinski definition) is 2. The van der Waals surface area contributed by atoms with Crippen LogP contribution < -0.4 is 10.6 Å². The summed E-state index contributed by atoms with van der Waals surface area (Å²) < 4.78 is 5.54. The molecule has 4 nitrogen and oxygen atoms in total. The summed E-state index contributed by atoms with van der Waals surface area (Å²) in [6.07, 6.45) is 1.45. The molecule has 0 aliphatic carbocycles. The highest BCUT2D eigenvalue weighted by Gasteiger charge is 2.36. The zero-order valence-electron chi connectivity index (χ0n) is 16.1. The van der Waals surface area contributed by atoms with Crippen LogP contribution in [0.3, 0.4) is 0 Å². The Morgan fingerprint density at radius 1 is 1.04 bits per heavy atom. The van der Waals surface area contributed by atoms with E-state index in [0.29, 0.717) is 18.2 Å².